The van der Waals surface area contributed by atoms with Crippen molar-refractivity contribution < 1.29 is 19.0 Å². The lowest BCUT2D eigenvalue weighted by molar-refractivity contribution is -0.118. The Bertz CT molecular complexity index is 862. The van der Waals surface area contributed by atoms with E-state index < -0.39 is 5.91 Å². The number of anilines is 1. The fourth-order valence-corrected chi connectivity index (χ4v) is 2.62. The fraction of sp³-hybridized carbons (Fsp3) is 0.300. The third-order valence-corrected chi connectivity index (χ3v) is 3.81. The first-order chi connectivity index (χ1) is 13.0. The lowest BCUT2D eigenvalue weighted by atomic mass is 10.1. The van der Waals surface area contributed by atoms with Gasteiger partial charge in [-0.05, 0) is 44.5 Å². The van der Waals surface area contributed by atoms with Crippen LogP contribution in [0.25, 0.3) is 0 Å². The number of hydrogen-bond donors (Lipinski definition) is 1. The molecule has 0 radical (unpaired) electrons. The second-order valence-corrected chi connectivity index (χ2v) is 6.01. The van der Waals surface area contributed by atoms with Crippen molar-refractivity contribution in [2.24, 2.45) is 0 Å². The van der Waals surface area contributed by atoms with E-state index in [1.54, 1.807) is 30.3 Å². The second kappa shape index (κ2) is 9.70. The number of ether oxygens (including phenoxy) is 3. The maximum absolute atomic E-state index is 12.3. The third-order valence-electron chi connectivity index (χ3n) is 3.57. The summed E-state index contributed by atoms with van der Waals surface area (Å²) in [7, 11) is 0. The van der Waals surface area contributed by atoms with E-state index in [4.69, 9.17) is 25.8 Å². The van der Waals surface area contributed by atoms with Crippen molar-refractivity contribution in [2.45, 2.75) is 20.8 Å². The lowest BCUT2D eigenvalue weighted by Crippen LogP contribution is -2.21. The number of nitrogens with zero attached hydrogens (tertiary/aromatic N) is 1. The van der Waals surface area contributed by atoms with E-state index in [0.29, 0.717) is 41.2 Å². The molecule has 0 bridgehead atoms. The van der Waals surface area contributed by atoms with Crippen molar-refractivity contribution >= 4 is 23.2 Å². The van der Waals surface area contributed by atoms with Crippen LogP contribution in [0.3, 0.4) is 0 Å². The summed E-state index contributed by atoms with van der Waals surface area (Å²) < 4.78 is 16.6. The largest absolute Gasteiger partial charge is 0.490 e. The van der Waals surface area contributed by atoms with Crippen LogP contribution >= 0.6 is 11.6 Å². The van der Waals surface area contributed by atoms with Crippen molar-refractivity contribution in [1.29, 1.82) is 5.26 Å². The highest BCUT2D eigenvalue weighted by Gasteiger charge is 2.15. The number of nitrogens with one attached hydrogen (secondary N) is 1. The van der Waals surface area contributed by atoms with Gasteiger partial charge in [0.1, 0.15) is 11.8 Å². The van der Waals surface area contributed by atoms with Gasteiger partial charge in [0.2, 0.25) is 0 Å². The maximum atomic E-state index is 12.3. The van der Waals surface area contributed by atoms with Crippen LogP contribution in [0, 0.1) is 18.3 Å². The van der Waals surface area contributed by atoms with Crippen LogP contribution in [0.5, 0.6) is 17.2 Å². The Morgan fingerprint density at radius 1 is 1.07 bits per heavy atom. The molecule has 7 heteroatoms. The van der Waals surface area contributed by atoms with Crippen LogP contribution in [0.15, 0.2) is 30.3 Å². The number of rotatable bonds is 8. The number of hydrogen-bond acceptors (Lipinski definition) is 5. The predicted octanol–water partition coefficient (Wildman–Crippen LogP) is 4.34. The summed E-state index contributed by atoms with van der Waals surface area (Å²) in [6.07, 6.45) is 0. The van der Waals surface area contributed by atoms with Crippen molar-refractivity contribution in [3.05, 3.63) is 46.5 Å². The minimum absolute atomic E-state index is 0.204. The van der Waals surface area contributed by atoms with Crippen molar-refractivity contribution in [1.82, 2.24) is 0 Å². The van der Waals surface area contributed by atoms with E-state index in [1.807, 2.05) is 20.8 Å². The molecule has 0 saturated heterocycles. The average molecular weight is 389 g/mol. The van der Waals surface area contributed by atoms with Crippen LogP contribution in [0.1, 0.15) is 25.0 Å². The second-order valence-electron chi connectivity index (χ2n) is 5.57. The zero-order chi connectivity index (χ0) is 19.8. The SMILES string of the molecule is CCOc1cc(C#N)c(NC(=O)COc2ccc(Cl)cc2C)cc1OCC. The minimum Gasteiger partial charge on any atom is -0.490 e. The molecule has 0 atom stereocenters. The van der Waals surface area contributed by atoms with E-state index in [9.17, 15) is 10.1 Å². The lowest BCUT2D eigenvalue weighted by Gasteiger charge is -2.15. The summed E-state index contributed by atoms with van der Waals surface area (Å²) in [5.41, 5.74) is 1.44. The van der Waals surface area contributed by atoms with Crippen LogP contribution in [-0.2, 0) is 4.79 Å². The van der Waals surface area contributed by atoms with E-state index in [2.05, 4.69) is 11.4 Å². The van der Waals surface area contributed by atoms with E-state index in [1.165, 1.54) is 0 Å². The molecule has 1 amide bonds. The third kappa shape index (κ3) is 5.53. The first-order valence-electron chi connectivity index (χ1n) is 8.51. The Labute approximate surface area is 163 Å². The molecular weight excluding hydrogens is 368 g/mol. The molecule has 0 aliphatic rings. The van der Waals surface area contributed by atoms with Crippen molar-refractivity contribution in [3.8, 4) is 23.3 Å². The van der Waals surface area contributed by atoms with Gasteiger partial charge in [-0.1, -0.05) is 11.6 Å². The molecule has 2 aromatic carbocycles. The van der Waals surface area contributed by atoms with Gasteiger partial charge < -0.3 is 19.5 Å². The summed E-state index contributed by atoms with van der Waals surface area (Å²) in [5.74, 6) is 1.09. The number of benzene rings is 2. The van der Waals surface area contributed by atoms with Gasteiger partial charge in [0.25, 0.3) is 5.91 Å². The first kappa shape index (κ1) is 20.4. The van der Waals surface area contributed by atoms with Crippen molar-refractivity contribution in [2.75, 3.05) is 25.1 Å². The molecule has 27 heavy (non-hydrogen) atoms. The molecule has 2 rings (SSSR count). The minimum atomic E-state index is -0.396. The molecule has 6 nitrogen and oxygen atoms in total. The molecule has 142 valence electrons. The number of halogens is 1. The summed E-state index contributed by atoms with van der Waals surface area (Å²) in [6.45, 7) is 6.18. The molecule has 0 aliphatic heterocycles. The Morgan fingerprint density at radius 2 is 1.74 bits per heavy atom. The number of carbonyl (C=O) groups is 1. The monoisotopic (exact) mass is 388 g/mol. The summed E-state index contributed by atoms with van der Waals surface area (Å²) in [5, 5.41) is 12.7. The molecular formula is C20H21ClN2O4. The molecule has 0 saturated carbocycles. The quantitative estimate of drug-likeness (QED) is 0.727. The molecule has 0 heterocycles. The van der Waals surface area contributed by atoms with Crippen molar-refractivity contribution in [3.63, 3.8) is 0 Å². The van der Waals surface area contributed by atoms with Gasteiger partial charge in [0.15, 0.2) is 18.1 Å². The Morgan fingerprint density at radius 3 is 2.33 bits per heavy atom. The molecule has 0 fully saturated rings. The first-order valence-corrected chi connectivity index (χ1v) is 8.88. The number of nitriles is 1. The highest BCUT2D eigenvalue weighted by atomic mass is 35.5. The summed E-state index contributed by atoms with van der Waals surface area (Å²) in [6, 6.07) is 10.3. The van der Waals surface area contributed by atoms with Gasteiger partial charge in [-0.3, -0.25) is 4.79 Å². The topological polar surface area (TPSA) is 80.6 Å². The van der Waals surface area contributed by atoms with Crippen LogP contribution < -0.4 is 19.5 Å². The molecule has 0 aromatic heterocycles. The molecule has 0 spiro atoms. The normalized spacial score (nSPS) is 10.0. The Kier molecular flexibility index (Phi) is 7.33. The zero-order valence-corrected chi connectivity index (χ0v) is 16.2. The summed E-state index contributed by atoms with van der Waals surface area (Å²) >= 11 is 5.91. The Hall–Kier alpha value is -2.91. The number of amides is 1. The zero-order valence-electron chi connectivity index (χ0n) is 15.5. The molecule has 0 aliphatic carbocycles. The van der Waals surface area contributed by atoms with E-state index in [0.717, 1.165) is 5.56 Å². The van der Waals surface area contributed by atoms with E-state index >= 15 is 0 Å². The van der Waals surface area contributed by atoms with Crippen LogP contribution in [0.4, 0.5) is 5.69 Å². The van der Waals surface area contributed by atoms with Gasteiger partial charge in [0, 0.05) is 17.2 Å². The smallest absolute Gasteiger partial charge is 0.262 e. The summed E-state index contributed by atoms with van der Waals surface area (Å²) in [4.78, 5) is 12.3. The molecule has 1 N–H and O–H groups in total. The number of carbonyl (C=O) groups excluding carboxylic acids is 1. The highest BCUT2D eigenvalue weighted by Crippen LogP contribution is 2.33. The van der Waals surface area contributed by atoms with Crippen LogP contribution in [-0.4, -0.2) is 25.7 Å². The average Bonchev–Trinajstić information content (AvgIpc) is 2.63. The van der Waals surface area contributed by atoms with Gasteiger partial charge in [0.05, 0.1) is 24.5 Å². The predicted molar refractivity (Wildman–Crippen MR) is 104 cm³/mol. The number of aryl methyl sites for hydroxylation is 1. The molecule has 0 unspecified atom stereocenters. The Balaban J connectivity index is 2.13. The van der Waals surface area contributed by atoms with E-state index in [-0.39, 0.29) is 12.2 Å². The van der Waals surface area contributed by atoms with Gasteiger partial charge in [-0.25, -0.2) is 0 Å². The fourth-order valence-electron chi connectivity index (χ4n) is 2.40. The molecule has 2 aromatic rings. The van der Waals surface area contributed by atoms with Gasteiger partial charge >= 0.3 is 0 Å². The standard InChI is InChI=1S/C20H21ClN2O4/c1-4-25-18-9-14(11-22)16(10-19(18)26-5-2)23-20(24)12-27-17-7-6-15(21)8-13(17)3/h6-10H,4-5,12H2,1-3H3,(H,23,24). The van der Waals surface area contributed by atoms with Gasteiger partial charge in [-0.15, -0.1) is 0 Å². The van der Waals surface area contributed by atoms with Gasteiger partial charge in [-0.2, -0.15) is 5.26 Å². The van der Waals surface area contributed by atoms with Crippen LogP contribution in [0.2, 0.25) is 5.02 Å². The maximum Gasteiger partial charge on any atom is 0.262 e. The highest BCUT2D eigenvalue weighted by molar-refractivity contribution is 6.30.